The second-order valence-corrected chi connectivity index (χ2v) is 4.58. The first-order valence-electron chi connectivity index (χ1n) is 6.49. The molecular weight excluding hydrogens is 242 g/mol. The van der Waals surface area contributed by atoms with Crippen molar-refractivity contribution < 1.29 is 14.3 Å². The third-order valence-electron chi connectivity index (χ3n) is 3.18. The zero-order valence-corrected chi connectivity index (χ0v) is 11.7. The van der Waals surface area contributed by atoms with Gasteiger partial charge in [0.15, 0.2) is 0 Å². The number of nitrogens with one attached hydrogen (secondary N) is 1. The molecule has 0 aliphatic rings. The van der Waals surface area contributed by atoms with Gasteiger partial charge in [-0.15, -0.1) is 0 Å². The fraction of sp³-hybridized carbons (Fsp3) is 0.467. The van der Waals surface area contributed by atoms with Gasteiger partial charge < -0.3 is 10.1 Å². The Labute approximate surface area is 114 Å². The maximum Gasteiger partial charge on any atom is 0.315 e. The molecule has 0 aromatic heterocycles. The number of methoxy groups -OCH3 is 1. The number of carbonyl (C=O) groups excluding carboxylic acids is 2. The number of ether oxygens (including phenoxy) is 1. The molecular formula is C15H21NO3. The van der Waals surface area contributed by atoms with Crippen LogP contribution in [0.3, 0.4) is 0 Å². The Balaban J connectivity index is 2.46. The molecule has 1 aromatic rings. The van der Waals surface area contributed by atoms with Crippen molar-refractivity contribution in [1.29, 1.82) is 0 Å². The molecule has 0 radical (unpaired) electrons. The Morgan fingerprint density at radius 3 is 2.42 bits per heavy atom. The molecule has 0 heterocycles. The zero-order valence-electron chi connectivity index (χ0n) is 11.7. The highest BCUT2D eigenvalue weighted by Crippen LogP contribution is 2.18. The molecule has 0 fully saturated rings. The quantitative estimate of drug-likeness (QED) is 0.633. The Hall–Kier alpha value is -1.84. The van der Waals surface area contributed by atoms with Crippen LogP contribution in [-0.2, 0) is 20.9 Å². The molecule has 19 heavy (non-hydrogen) atoms. The van der Waals surface area contributed by atoms with Crippen LogP contribution < -0.4 is 5.32 Å². The van der Waals surface area contributed by atoms with E-state index in [-0.39, 0.29) is 12.3 Å². The van der Waals surface area contributed by atoms with E-state index in [1.165, 1.54) is 12.7 Å². The summed E-state index contributed by atoms with van der Waals surface area (Å²) in [4.78, 5) is 22.3. The number of amides is 1. The van der Waals surface area contributed by atoms with Crippen molar-refractivity contribution in [1.82, 2.24) is 5.32 Å². The maximum atomic E-state index is 11.4. The minimum atomic E-state index is -0.524. The van der Waals surface area contributed by atoms with Crippen LogP contribution in [0.2, 0.25) is 0 Å². The van der Waals surface area contributed by atoms with Crippen molar-refractivity contribution >= 4 is 11.9 Å². The fourth-order valence-electron chi connectivity index (χ4n) is 1.67. The van der Waals surface area contributed by atoms with Crippen molar-refractivity contribution in [3.05, 3.63) is 35.4 Å². The molecule has 1 amide bonds. The number of esters is 1. The predicted molar refractivity (Wildman–Crippen MR) is 73.6 cm³/mol. The van der Waals surface area contributed by atoms with Gasteiger partial charge in [0.2, 0.25) is 5.91 Å². The highest BCUT2D eigenvalue weighted by molar-refractivity contribution is 5.94. The van der Waals surface area contributed by atoms with Gasteiger partial charge in [0.25, 0.3) is 0 Å². The summed E-state index contributed by atoms with van der Waals surface area (Å²) in [5, 5.41) is 2.69. The van der Waals surface area contributed by atoms with E-state index in [4.69, 9.17) is 0 Å². The van der Waals surface area contributed by atoms with E-state index in [0.29, 0.717) is 12.5 Å². The lowest BCUT2D eigenvalue weighted by molar-refractivity contribution is -0.143. The van der Waals surface area contributed by atoms with Gasteiger partial charge in [-0.25, -0.2) is 0 Å². The molecule has 1 rings (SSSR count). The SMILES string of the molecule is CCC(C)c1ccc(CNC(=O)CC(=O)OC)cc1. The fourth-order valence-corrected chi connectivity index (χ4v) is 1.67. The lowest BCUT2D eigenvalue weighted by Crippen LogP contribution is -2.25. The average molecular weight is 263 g/mol. The van der Waals surface area contributed by atoms with Gasteiger partial charge in [0.05, 0.1) is 7.11 Å². The Morgan fingerprint density at radius 1 is 1.26 bits per heavy atom. The Kier molecular flexibility index (Phi) is 6.06. The number of benzene rings is 1. The molecule has 0 saturated heterocycles. The Bertz CT molecular complexity index is 426. The van der Waals surface area contributed by atoms with E-state index in [1.54, 1.807) is 0 Å². The summed E-state index contributed by atoms with van der Waals surface area (Å²) >= 11 is 0. The molecule has 1 N–H and O–H groups in total. The van der Waals surface area contributed by atoms with Crippen LogP contribution >= 0.6 is 0 Å². The first kappa shape index (κ1) is 15.2. The normalized spacial score (nSPS) is 11.7. The monoisotopic (exact) mass is 263 g/mol. The van der Waals surface area contributed by atoms with E-state index in [1.807, 2.05) is 12.1 Å². The third-order valence-corrected chi connectivity index (χ3v) is 3.18. The molecule has 4 nitrogen and oxygen atoms in total. The summed E-state index contributed by atoms with van der Waals surface area (Å²) in [6.07, 6.45) is 0.872. The summed E-state index contributed by atoms with van der Waals surface area (Å²) in [5.41, 5.74) is 2.32. The van der Waals surface area contributed by atoms with Crippen molar-refractivity contribution in [2.75, 3.05) is 7.11 Å². The van der Waals surface area contributed by atoms with Crippen LogP contribution in [-0.4, -0.2) is 19.0 Å². The van der Waals surface area contributed by atoms with E-state index in [2.05, 4.69) is 36.0 Å². The highest BCUT2D eigenvalue weighted by atomic mass is 16.5. The van der Waals surface area contributed by atoms with Crippen LogP contribution in [0.15, 0.2) is 24.3 Å². The summed E-state index contributed by atoms with van der Waals surface area (Å²) in [7, 11) is 1.27. The number of rotatable bonds is 6. The van der Waals surface area contributed by atoms with Gasteiger partial charge in [0, 0.05) is 6.54 Å². The standard InChI is InChI=1S/C15H21NO3/c1-4-11(2)13-7-5-12(6-8-13)10-16-14(17)9-15(18)19-3/h5-8,11H,4,9-10H2,1-3H3,(H,16,17). The van der Waals surface area contributed by atoms with Crippen molar-refractivity contribution in [3.63, 3.8) is 0 Å². The molecule has 0 bridgehead atoms. The topological polar surface area (TPSA) is 55.4 Å². The highest BCUT2D eigenvalue weighted by Gasteiger charge is 2.08. The summed E-state index contributed by atoms with van der Waals surface area (Å²) in [6.45, 7) is 4.77. The van der Waals surface area contributed by atoms with Crippen LogP contribution in [0.1, 0.15) is 43.7 Å². The van der Waals surface area contributed by atoms with Crippen LogP contribution in [0.5, 0.6) is 0 Å². The molecule has 0 aliphatic heterocycles. The number of carbonyl (C=O) groups is 2. The van der Waals surface area contributed by atoms with Gasteiger partial charge in [-0.3, -0.25) is 9.59 Å². The van der Waals surface area contributed by atoms with Gasteiger partial charge in [-0.05, 0) is 23.5 Å². The number of hydrogen-bond acceptors (Lipinski definition) is 3. The van der Waals surface area contributed by atoms with Crippen molar-refractivity contribution in [2.24, 2.45) is 0 Å². The van der Waals surface area contributed by atoms with E-state index in [0.717, 1.165) is 12.0 Å². The van der Waals surface area contributed by atoms with E-state index < -0.39 is 5.97 Å². The summed E-state index contributed by atoms with van der Waals surface area (Å²) < 4.78 is 4.43. The minimum absolute atomic E-state index is 0.235. The minimum Gasteiger partial charge on any atom is -0.469 e. The summed E-state index contributed by atoms with van der Waals surface area (Å²) in [6, 6.07) is 8.16. The lowest BCUT2D eigenvalue weighted by atomic mass is 9.98. The summed E-state index contributed by atoms with van der Waals surface area (Å²) in [5.74, 6) is -0.301. The molecule has 1 unspecified atom stereocenters. The second-order valence-electron chi connectivity index (χ2n) is 4.58. The third kappa shape index (κ3) is 5.12. The molecule has 1 aromatic carbocycles. The average Bonchev–Trinajstić information content (AvgIpc) is 2.44. The smallest absolute Gasteiger partial charge is 0.315 e. The van der Waals surface area contributed by atoms with Crippen molar-refractivity contribution in [2.45, 2.75) is 39.2 Å². The Morgan fingerprint density at radius 2 is 1.89 bits per heavy atom. The first-order valence-corrected chi connectivity index (χ1v) is 6.49. The molecule has 0 spiro atoms. The molecule has 1 atom stereocenters. The number of hydrogen-bond donors (Lipinski definition) is 1. The molecule has 104 valence electrons. The zero-order chi connectivity index (χ0) is 14.3. The van der Waals surface area contributed by atoms with E-state index in [9.17, 15) is 9.59 Å². The van der Waals surface area contributed by atoms with Gasteiger partial charge >= 0.3 is 5.97 Å². The first-order chi connectivity index (χ1) is 9.06. The van der Waals surface area contributed by atoms with E-state index >= 15 is 0 Å². The van der Waals surface area contributed by atoms with Crippen LogP contribution in [0.4, 0.5) is 0 Å². The van der Waals surface area contributed by atoms with Gasteiger partial charge in [-0.2, -0.15) is 0 Å². The largest absolute Gasteiger partial charge is 0.469 e. The van der Waals surface area contributed by atoms with Gasteiger partial charge in [-0.1, -0.05) is 38.1 Å². The van der Waals surface area contributed by atoms with Crippen LogP contribution in [0.25, 0.3) is 0 Å². The van der Waals surface area contributed by atoms with Crippen LogP contribution in [0, 0.1) is 0 Å². The maximum absolute atomic E-state index is 11.4. The lowest BCUT2D eigenvalue weighted by Gasteiger charge is -2.10. The molecule has 4 heteroatoms. The predicted octanol–water partition coefficient (Wildman–Crippen LogP) is 2.38. The molecule has 0 saturated carbocycles. The van der Waals surface area contributed by atoms with Gasteiger partial charge in [0.1, 0.15) is 6.42 Å². The van der Waals surface area contributed by atoms with Crippen molar-refractivity contribution in [3.8, 4) is 0 Å². The second kappa shape index (κ2) is 7.56. The molecule has 0 aliphatic carbocycles.